The van der Waals surface area contributed by atoms with E-state index in [2.05, 4.69) is 5.32 Å². The quantitative estimate of drug-likeness (QED) is 0.830. The van der Waals surface area contributed by atoms with Gasteiger partial charge in [-0.25, -0.2) is 0 Å². The number of hydrogen-bond acceptors (Lipinski definition) is 4. The maximum Gasteiger partial charge on any atom is 0.258 e. The molecule has 0 unspecified atom stereocenters. The first-order chi connectivity index (χ1) is 13.0. The first kappa shape index (κ1) is 19.4. The molecule has 0 saturated carbocycles. The van der Waals surface area contributed by atoms with Crippen LogP contribution in [0.1, 0.15) is 28.8 Å². The topological polar surface area (TPSA) is 58.6 Å². The number of piperidine rings is 1. The summed E-state index contributed by atoms with van der Waals surface area (Å²) in [6.45, 7) is 5.46. The van der Waals surface area contributed by atoms with Gasteiger partial charge < -0.3 is 15.0 Å². The Kier molecular flexibility index (Phi) is 6.50. The second kappa shape index (κ2) is 9.04. The maximum absolute atomic E-state index is 12.3. The van der Waals surface area contributed by atoms with E-state index in [1.165, 1.54) is 5.56 Å². The lowest BCUT2D eigenvalue weighted by Crippen LogP contribution is -2.47. The van der Waals surface area contributed by atoms with Crippen molar-refractivity contribution in [3.63, 3.8) is 0 Å². The van der Waals surface area contributed by atoms with Crippen molar-refractivity contribution in [1.29, 1.82) is 0 Å². The van der Waals surface area contributed by atoms with Crippen molar-refractivity contribution >= 4 is 23.2 Å². The first-order valence-electron chi connectivity index (χ1n) is 9.31. The molecule has 2 heterocycles. The number of nitrogens with one attached hydrogen (secondary N) is 1. The molecule has 1 aromatic heterocycles. The third-order valence-corrected chi connectivity index (χ3v) is 5.84. The van der Waals surface area contributed by atoms with Gasteiger partial charge in [-0.05, 0) is 61.4 Å². The molecule has 0 aliphatic carbocycles. The lowest BCUT2D eigenvalue weighted by atomic mass is 10.0. The summed E-state index contributed by atoms with van der Waals surface area (Å²) in [6.07, 6.45) is 2.04. The molecule has 1 aromatic carbocycles. The summed E-state index contributed by atoms with van der Waals surface area (Å²) in [5.41, 5.74) is 2.35. The molecule has 1 saturated heterocycles. The van der Waals surface area contributed by atoms with Crippen LogP contribution in [0, 0.1) is 13.8 Å². The molecule has 2 aromatic rings. The number of nitrogens with zero attached hydrogens (tertiary/aromatic N) is 1. The van der Waals surface area contributed by atoms with E-state index in [4.69, 9.17) is 4.74 Å². The predicted octanol–water partition coefficient (Wildman–Crippen LogP) is 3.09. The average Bonchev–Trinajstić information content (AvgIpc) is 3.16. The smallest absolute Gasteiger partial charge is 0.258 e. The Morgan fingerprint density at radius 1 is 1.19 bits per heavy atom. The summed E-state index contributed by atoms with van der Waals surface area (Å²) >= 11 is 1.61. The maximum atomic E-state index is 12.3. The molecule has 0 bridgehead atoms. The molecule has 0 radical (unpaired) electrons. The van der Waals surface area contributed by atoms with Crippen molar-refractivity contribution in [2.45, 2.75) is 39.2 Å². The zero-order valence-corrected chi connectivity index (χ0v) is 16.7. The summed E-state index contributed by atoms with van der Waals surface area (Å²) in [6, 6.07) is 9.88. The highest BCUT2D eigenvalue weighted by Crippen LogP contribution is 2.17. The zero-order valence-electron chi connectivity index (χ0n) is 15.9. The molecular weight excluding hydrogens is 360 g/mol. The third kappa shape index (κ3) is 5.57. The van der Waals surface area contributed by atoms with Crippen molar-refractivity contribution in [2.24, 2.45) is 0 Å². The highest BCUT2D eigenvalue weighted by atomic mass is 32.1. The van der Waals surface area contributed by atoms with E-state index in [1.54, 1.807) is 11.3 Å². The number of hydrogen-bond donors (Lipinski definition) is 1. The minimum Gasteiger partial charge on any atom is -0.484 e. The molecule has 144 valence electrons. The Bertz CT molecular complexity index is 781. The minimum atomic E-state index is -0.114. The van der Waals surface area contributed by atoms with Crippen LogP contribution < -0.4 is 10.1 Å². The molecular formula is C21H26N2O3S. The number of carbonyl (C=O) groups excluding carboxylic acids is 2. The van der Waals surface area contributed by atoms with E-state index in [9.17, 15) is 9.59 Å². The fraction of sp³-hybridized carbons (Fsp3) is 0.429. The second-order valence-corrected chi connectivity index (χ2v) is 8.05. The number of likely N-dealkylation sites (tertiary alicyclic amines) is 1. The second-order valence-electron chi connectivity index (χ2n) is 7.01. The van der Waals surface area contributed by atoms with Gasteiger partial charge in [0.15, 0.2) is 6.61 Å². The molecule has 0 spiro atoms. The molecule has 5 nitrogen and oxygen atoms in total. The molecule has 27 heavy (non-hydrogen) atoms. The van der Waals surface area contributed by atoms with Crippen LogP contribution in [0.3, 0.4) is 0 Å². The molecule has 6 heteroatoms. The van der Waals surface area contributed by atoms with Gasteiger partial charge in [-0.15, -0.1) is 11.3 Å². The van der Waals surface area contributed by atoms with E-state index in [0.717, 1.165) is 23.3 Å². The summed E-state index contributed by atoms with van der Waals surface area (Å²) in [5, 5.41) is 5.01. The van der Waals surface area contributed by atoms with Crippen molar-refractivity contribution < 1.29 is 14.3 Å². The van der Waals surface area contributed by atoms with Crippen molar-refractivity contribution in [1.82, 2.24) is 10.2 Å². The Labute approximate surface area is 164 Å². The summed E-state index contributed by atoms with van der Waals surface area (Å²) in [4.78, 5) is 27.5. The fourth-order valence-corrected chi connectivity index (χ4v) is 3.87. The Balaban J connectivity index is 1.38. The van der Waals surface area contributed by atoms with Crippen LogP contribution in [0.4, 0.5) is 0 Å². The largest absolute Gasteiger partial charge is 0.484 e. The molecule has 1 aliphatic rings. The number of thiophene rings is 1. The van der Waals surface area contributed by atoms with E-state index >= 15 is 0 Å². The fourth-order valence-electron chi connectivity index (χ4n) is 3.17. The number of benzene rings is 1. The highest BCUT2D eigenvalue weighted by Gasteiger charge is 2.24. The van der Waals surface area contributed by atoms with Crippen LogP contribution >= 0.6 is 11.3 Å². The molecule has 1 fully saturated rings. The van der Waals surface area contributed by atoms with Crippen molar-refractivity contribution in [3.05, 3.63) is 51.7 Å². The monoisotopic (exact) mass is 386 g/mol. The van der Waals surface area contributed by atoms with Gasteiger partial charge in [0.1, 0.15) is 5.75 Å². The summed E-state index contributed by atoms with van der Waals surface area (Å²) < 4.78 is 5.59. The Morgan fingerprint density at radius 3 is 2.63 bits per heavy atom. The van der Waals surface area contributed by atoms with Crippen molar-refractivity contribution in [2.75, 3.05) is 19.7 Å². The minimum absolute atomic E-state index is 0.0139. The van der Waals surface area contributed by atoms with Crippen LogP contribution in [-0.4, -0.2) is 42.5 Å². The van der Waals surface area contributed by atoms with Gasteiger partial charge in [0.05, 0.1) is 6.42 Å². The number of carbonyl (C=O) groups is 2. The molecule has 3 rings (SSSR count). The van der Waals surface area contributed by atoms with Gasteiger partial charge in [0.2, 0.25) is 5.91 Å². The summed E-state index contributed by atoms with van der Waals surface area (Å²) in [5.74, 6) is 0.763. The summed E-state index contributed by atoms with van der Waals surface area (Å²) in [7, 11) is 0. The number of rotatable bonds is 6. The average molecular weight is 387 g/mol. The van der Waals surface area contributed by atoms with Gasteiger partial charge in [-0.1, -0.05) is 12.1 Å². The lowest BCUT2D eigenvalue weighted by Gasteiger charge is -2.32. The van der Waals surface area contributed by atoms with Gasteiger partial charge in [0, 0.05) is 24.0 Å². The number of aryl methyl sites for hydroxylation is 2. The number of ether oxygens (including phenoxy) is 1. The van der Waals surface area contributed by atoms with E-state index < -0.39 is 0 Å². The lowest BCUT2D eigenvalue weighted by molar-refractivity contribution is -0.131. The van der Waals surface area contributed by atoms with E-state index in [1.807, 2.05) is 54.5 Å². The van der Waals surface area contributed by atoms with Gasteiger partial charge in [0.25, 0.3) is 5.91 Å². The van der Waals surface area contributed by atoms with Crippen LogP contribution in [0.25, 0.3) is 0 Å². The van der Waals surface area contributed by atoms with Gasteiger partial charge >= 0.3 is 0 Å². The Hall–Kier alpha value is -2.34. The van der Waals surface area contributed by atoms with Crippen molar-refractivity contribution in [3.8, 4) is 5.75 Å². The van der Waals surface area contributed by atoms with Gasteiger partial charge in [-0.3, -0.25) is 9.59 Å². The van der Waals surface area contributed by atoms with Crippen LogP contribution in [0.2, 0.25) is 0 Å². The third-order valence-electron chi connectivity index (χ3n) is 4.97. The predicted molar refractivity (Wildman–Crippen MR) is 107 cm³/mol. The zero-order chi connectivity index (χ0) is 19.2. The van der Waals surface area contributed by atoms with Crippen LogP contribution in [0.15, 0.2) is 35.7 Å². The molecule has 2 amide bonds. The van der Waals surface area contributed by atoms with E-state index in [0.29, 0.717) is 25.3 Å². The Morgan fingerprint density at radius 2 is 1.96 bits per heavy atom. The molecule has 0 atom stereocenters. The first-order valence-corrected chi connectivity index (χ1v) is 10.2. The van der Waals surface area contributed by atoms with E-state index in [-0.39, 0.29) is 24.5 Å². The number of amides is 2. The van der Waals surface area contributed by atoms with Crippen LogP contribution in [0.5, 0.6) is 5.75 Å². The van der Waals surface area contributed by atoms with Gasteiger partial charge in [-0.2, -0.15) is 0 Å². The standard InChI is InChI=1S/C21H26N2O3S/c1-15-5-6-18(12-16(15)2)26-14-20(24)22-17-7-9-23(10-8-17)21(25)13-19-4-3-11-27-19/h3-6,11-12,17H,7-10,13-14H2,1-2H3,(H,22,24). The molecule has 1 N–H and O–H groups in total. The SMILES string of the molecule is Cc1ccc(OCC(=O)NC2CCN(C(=O)Cc3cccs3)CC2)cc1C. The molecule has 1 aliphatic heterocycles. The highest BCUT2D eigenvalue weighted by molar-refractivity contribution is 7.10. The van der Waals surface area contributed by atoms with Crippen LogP contribution in [-0.2, 0) is 16.0 Å². The normalized spacial score (nSPS) is 14.8.